The maximum Gasteiger partial charge on any atom is 0.379 e. The Hall–Kier alpha value is -4.05. The van der Waals surface area contributed by atoms with E-state index < -0.39 is 11.9 Å². The van der Waals surface area contributed by atoms with Crippen LogP contribution in [0, 0.1) is 11.3 Å². The Balaban J connectivity index is 1.87. The molecule has 2 N–H and O–H groups in total. The van der Waals surface area contributed by atoms with Gasteiger partial charge in [0.25, 0.3) is 5.91 Å². The molecular formula is C20H14N2O5. The first kappa shape index (κ1) is 17.8. The molecule has 27 heavy (non-hydrogen) atoms. The van der Waals surface area contributed by atoms with Crippen molar-refractivity contribution in [1.29, 1.82) is 5.26 Å². The third kappa shape index (κ3) is 3.80. The number of fused-ring (bicyclic) bond motifs is 1. The molecule has 0 radical (unpaired) electrons. The number of benzene rings is 2. The number of amides is 1. The molecule has 134 valence electrons. The number of carbonyl (C=O) groups is 2. The fourth-order valence-electron chi connectivity index (χ4n) is 2.42. The van der Waals surface area contributed by atoms with Crippen molar-refractivity contribution in [3.8, 4) is 17.6 Å². The van der Waals surface area contributed by atoms with E-state index in [1.165, 1.54) is 25.3 Å². The second-order valence-electron chi connectivity index (χ2n) is 5.48. The van der Waals surface area contributed by atoms with Gasteiger partial charge in [-0.25, -0.2) is 4.79 Å². The molecule has 0 fully saturated rings. The fraction of sp³-hybridized carbons (Fsp3) is 0.0500. The highest BCUT2D eigenvalue weighted by Crippen LogP contribution is 2.30. The van der Waals surface area contributed by atoms with Crippen molar-refractivity contribution >= 4 is 28.9 Å². The lowest BCUT2D eigenvalue weighted by molar-refractivity contribution is -0.114. The van der Waals surface area contributed by atoms with Crippen LogP contribution in [0.2, 0.25) is 0 Å². The van der Waals surface area contributed by atoms with Gasteiger partial charge in [0.1, 0.15) is 17.2 Å². The standard InChI is InChI=1S/C20H14N2O5/c1-25-17-9-12(8-14(11-21)19(22)23)6-7-16(17)27-20(24)18-10-13-4-2-3-5-15(13)26-18/h2-10H,1H3,(H2,22,23)/b14-8+. The van der Waals surface area contributed by atoms with Crippen molar-refractivity contribution in [3.63, 3.8) is 0 Å². The van der Waals surface area contributed by atoms with Crippen LogP contribution in [0.15, 0.2) is 58.5 Å². The number of hydrogen-bond acceptors (Lipinski definition) is 6. The van der Waals surface area contributed by atoms with Crippen molar-refractivity contribution in [1.82, 2.24) is 0 Å². The summed E-state index contributed by atoms with van der Waals surface area (Å²) in [7, 11) is 1.40. The van der Waals surface area contributed by atoms with Crippen molar-refractivity contribution in [2.24, 2.45) is 5.73 Å². The number of nitrogens with two attached hydrogens (primary N) is 1. The average Bonchev–Trinajstić information content (AvgIpc) is 3.11. The number of rotatable bonds is 5. The number of primary amides is 1. The van der Waals surface area contributed by atoms with E-state index in [0.717, 1.165) is 5.39 Å². The molecule has 0 unspecified atom stereocenters. The van der Waals surface area contributed by atoms with E-state index in [2.05, 4.69) is 0 Å². The largest absolute Gasteiger partial charge is 0.493 e. The monoisotopic (exact) mass is 362 g/mol. The Morgan fingerprint density at radius 2 is 1.93 bits per heavy atom. The van der Waals surface area contributed by atoms with Gasteiger partial charge >= 0.3 is 5.97 Å². The number of carbonyl (C=O) groups excluding carboxylic acids is 2. The number of nitrogens with zero attached hydrogens (tertiary/aromatic N) is 1. The lowest BCUT2D eigenvalue weighted by atomic mass is 10.1. The van der Waals surface area contributed by atoms with Crippen molar-refractivity contribution in [2.75, 3.05) is 7.11 Å². The molecule has 0 saturated heterocycles. The summed E-state index contributed by atoms with van der Waals surface area (Å²) in [5.41, 5.74) is 5.98. The molecule has 2 aromatic carbocycles. The van der Waals surface area contributed by atoms with Crippen LogP contribution in [0.3, 0.4) is 0 Å². The molecule has 0 aliphatic rings. The first-order valence-corrected chi connectivity index (χ1v) is 7.82. The Labute approximate surface area is 154 Å². The molecule has 0 atom stereocenters. The minimum absolute atomic E-state index is 0.0581. The van der Waals surface area contributed by atoms with Gasteiger partial charge in [0, 0.05) is 5.39 Å². The summed E-state index contributed by atoms with van der Waals surface area (Å²) >= 11 is 0. The summed E-state index contributed by atoms with van der Waals surface area (Å²) in [6.07, 6.45) is 1.32. The van der Waals surface area contributed by atoms with Crippen LogP contribution in [0.5, 0.6) is 11.5 Å². The molecule has 3 rings (SSSR count). The van der Waals surface area contributed by atoms with Crippen LogP contribution in [0.4, 0.5) is 0 Å². The first-order chi connectivity index (χ1) is 13.0. The van der Waals surface area contributed by atoms with Gasteiger partial charge in [-0.2, -0.15) is 5.26 Å². The van der Waals surface area contributed by atoms with Gasteiger partial charge in [-0.1, -0.05) is 24.3 Å². The summed E-state index contributed by atoms with van der Waals surface area (Å²) in [6.45, 7) is 0. The zero-order valence-corrected chi connectivity index (χ0v) is 14.3. The molecule has 0 saturated carbocycles. The number of furan rings is 1. The van der Waals surface area contributed by atoms with Crippen LogP contribution >= 0.6 is 0 Å². The zero-order chi connectivity index (χ0) is 19.4. The lowest BCUT2D eigenvalue weighted by Crippen LogP contribution is -2.12. The second-order valence-corrected chi connectivity index (χ2v) is 5.48. The smallest absolute Gasteiger partial charge is 0.379 e. The zero-order valence-electron chi connectivity index (χ0n) is 14.3. The number of ether oxygens (including phenoxy) is 2. The molecule has 7 nitrogen and oxygen atoms in total. The Morgan fingerprint density at radius 1 is 1.15 bits per heavy atom. The molecule has 0 bridgehead atoms. The number of hydrogen-bond donors (Lipinski definition) is 1. The summed E-state index contributed by atoms with van der Waals surface area (Å²) in [4.78, 5) is 23.5. The maximum atomic E-state index is 12.4. The van der Waals surface area contributed by atoms with Crippen LogP contribution in [-0.2, 0) is 4.79 Å². The van der Waals surface area contributed by atoms with E-state index in [9.17, 15) is 9.59 Å². The minimum atomic E-state index is -0.836. The van der Waals surface area contributed by atoms with Crippen molar-refractivity contribution in [2.45, 2.75) is 0 Å². The predicted octanol–water partition coefficient (Wildman–Crippen LogP) is 3.05. The topological polar surface area (TPSA) is 116 Å². The van der Waals surface area contributed by atoms with Gasteiger partial charge in [-0.3, -0.25) is 4.79 Å². The third-order valence-electron chi connectivity index (χ3n) is 3.71. The van der Waals surface area contributed by atoms with E-state index in [-0.39, 0.29) is 22.8 Å². The molecule has 1 aromatic heterocycles. The van der Waals surface area contributed by atoms with E-state index >= 15 is 0 Å². The third-order valence-corrected chi connectivity index (χ3v) is 3.71. The summed E-state index contributed by atoms with van der Waals surface area (Å²) in [6, 6.07) is 15.1. The fourth-order valence-corrected chi connectivity index (χ4v) is 2.42. The molecule has 1 amide bonds. The maximum absolute atomic E-state index is 12.4. The summed E-state index contributed by atoms with van der Waals surface area (Å²) < 4.78 is 16.1. The highest BCUT2D eigenvalue weighted by atomic mass is 16.6. The SMILES string of the molecule is COc1cc(/C=C(\C#N)C(N)=O)ccc1OC(=O)c1cc2ccccc2o1. The number of methoxy groups -OCH3 is 1. The molecular weight excluding hydrogens is 348 g/mol. The van der Waals surface area contributed by atoms with Gasteiger partial charge in [0.15, 0.2) is 11.5 Å². The van der Waals surface area contributed by atoms with Gasteiger partial charge in [-0.15, -0.1) is 0 Å². The Morgan fingerprint density at radius 3 is 2.59 bits per heavy atom. The number of esters is 1. The molecule has 0 aliphatic carbocycles. The molecule has 0 spiro atoms. The predicted molar refractivity (Wildman–Crippen MR) is 97.0 cm³/mol. The summed E-state index contributed by atoms with van der Waals surface area (Å²) in [5.74, 6) is -1.05. The van der Waals surface area contributed by atoms with E-state index in [1.807, 2.05) is 12.1 Å². The average molecular weight is 362 g/mol. The van der Waals surface area contributed by atoms with Crippen LogP contribution in [-0.4, -0.2) is 19.0 Å². The molecule has 0 aliphatic heterocycles. The van der Waals surface area contributed by atoms with Crippen LogP contribution in [0.1, 0.15) is 16.1 Å². The van der Waals surface area contributed by atoms with Crippen molar-refractivity contribution in [3.05, 3.63) is 65.4 Å². The first-order valence-electron chi connectivity index (χ1n) is 7.82. The Bertz CT molecular complexity index is 1070. The molecule has 1 heterocycles. The highest BCUT2D eigenvalue weighted by molar-refractivity contribution is 6.00. The van der Waals surface area contributed by atoms with Gasteiger partial charge < -0.3 is 19.6 Å². The highest BCUT2D eigenvalue weighted by Gasteiger charge is 2.17. The van der Waals surface area contributed by atoms with E-state index in [4.69, 9.17) is 24.9 Å². The normalized spacial score (nSPS) is 11.0. The lowest BCUT2D eigenvalue weighted by Gasteiger charge is -2.09. The molecule has 3 aromatic rings. The number of para-hydroxylation sites is 1. The van der Waals surface area contributed by atoms with Crippen LogP contribution in [0.25, 0.3) is 17.0 Å². The molecule has 7 heteroatoms. The van der Waals surface area contributed by atoms with Gasteiger partial charge in [0.2, 0.25) is 5.76 Å². The van der Waals surface area contributed by atoms with Crippen LogP contribution < -0.4 is 15.2 Å². The minimum Gasteiger partial charge on any atom is -0.493 e. The summed E-state index contributed by atoms with van der Waals surface area (Å²) in [5, 5.41) is 9.70. The Kier molecular flexibility index (Phi) is 4.90. The van der Waals surface area contributed by atoms with Gasteiger partial charge in [0.05, 0.1) is 7.11 Å². The number of nitriles is 1. The van der Waals surface area contributed by atoms with Gasteiger partial charge in [-0.05, 0) is 35.9 Å². The van der Waals surface area contributed by atoms with Crippen molar-refractivity contribution < 1.29 is 23.5 Å². The second kappa shape index (κ2) is 7.45. The van der Waals surface area contributed by atoms with E-state index in [1.54, 1.807) is 30.3 Å². The van der Waals surface area contributed by atoms with E-state index in [0.29, 0.717) is 11.1 Å². The quantitative estimate of drug-likeness (QED) is 0.323.